The Kier molecular flexibility index (Phi) is 5.35. The summed E-state index contributed by atoms with van der Waals surface area (Å²) in [4.78, 5) is 10.9. The SMILES string of the molecule is c1ccc2c(-c3ccc4sc5ccccc5c4c3)nc(-n3c4cccc5c6ccccc6c6ccccc6n6c7ccccc7c3c6c54)nc2c1. The minimum Gasteiger partial charge on any atom is -0.306 e. The summed E-state index contributed by atoms with van der Waals surface area (Å²) in [6.45, 7) is 0. The van der Waals surface area contributed by atoms with E-state index < -0.39 is 0 Å². The maximum atomic E-state index is 5.53. The van der Waals surface area contributed by atoms with Crippen molar-refractivity contribution in [3.05, 3.63) is 158 Å². The van der Waals surface area contributed by atoms with E-state index in [1.54, 1.807) is 0 Å². The van der Waals surface area contributed by atoms with E-state index in [1.165, 1.54) is 63.5 Å². The van der Waals surface area contributed by atoms with Gasteiger partial charge in [-0.05, 0) is 58.6 Å². The molecule has 5 heterocycles. The first-order chi connectivity index (χ1) is 25.3. The lowest BCUT2D eigenvalue weighted by atomic mass is 10.0. The maximum Gasteiger partial charge on any atom is 0.235 e. The molecule has 0 aliphatic rings. The third-order valence-corrected chi connectivity index (χ3v) is 11.8. The molecule has 51 heavy (non-hydrogen) atoms. The van der Waals surface area contributed by atoms with Crippen LogP contribution in [0.1, 0.15) is 0 Å². The average molecular weight is 667 g/mol. The molecule has 0 atom stereocenters. The summed E-state index contributed by atoms with van der Waals surface area (Å²) < 4.78 is 7.36. The first-order valence-corrected chi connectivity index (χ1v) is 18.1. The van der Waals surface area contributed by atoms with Crippen LogP contribution in [-0.4, -0.2) is 18.9 Å². The van der Waals surface area contributed by atoms with E-state index in [0.717, 1.165) is 38.7 Å². The molecule has 5 aromatic heterocycles. The lowest BCUT2D eigenvalue weighted by molar-refractivity contribution is 1.02. The summed E-state index contributed by atoms with van der Waals surface area (Å²) >= 11 is 1.84. The van der Waals surface area contributed by atoms with Crippen molar-refractivity contribution in [2.75, 3.05) is 0 Å². The number of para-hydroxylation sites is 3. The maximum absolute atomic E-state index is 5.53. The molecule has 236 valence electrons. The van der Waals surface area contributed by atoms with E-state index in [9.17, 15) is 0 Å². The fourth-order valence-electron chi connectivity index (χ4n) is 8.56. The highest BCUT2D eigenvalue weighted by molar-refractivity contribution is 7.25. The van der Waals surface area contributed by atoms with Crippen LogP contribution in [0.2, 0.25) is 0 Å². The van der Waals surface area contributed by atoms with Gasteiger partial charge in [-0.2, -0.15) is 0 Å². The molecule has 0 radical (unpaired) electrons. The summed E-state index contributed by atoms with van der Waals surface area (Å²) in [5.74, 6) is 0.667. The highest BCUT2D eigenvalue weighted by Crippen LogP contribution is 2.44. The molecule has 0 aliphatic heterocycles. The number of thiophene rings is 1. The molecule has 0 saturated carbocycles. The van der Waals surface area contributed by atoms with Crippen molar-refractivity contribution >= 4 is 102 Å². The number of benzene rings is 7. The topological polar surface area (TPSA) is 35.1 Å². The van der Waals surface area contributed by atoms with Crippen molar-refractivity contribution in [1.29, 1.82) is 0 Å². The van der Waals surface area contributed by atoms with Crippen LogP contribution in [0.25, 0.3) is 108 Å². The number of nitrogens with zero attached hydrogens (tertiary/aromatic N) is 4. The largest absolute Gasteiger partial charge is 0.306 e. The molecule has 0 aliphatic carbocycles. The molecule has 0 spiro atoms. The van der Waals surface area contributed by atoms with E-state index in [1.807, 2.05) is 11.3 Å². The molecule has 12 rings (SSSR count). The monoisotopic (exact) mass is 666 g/mol. The summed E-state index contributed by atoms with van der Waals surface area (Å²) in [5, 5.41) is 10.8. The molecule has 5 heteroatoms. The standard InChI is InChI=1S/C46H26N4S/c1-2-13-29-28(12-1)30-14-4-8-20-37(30)49-38-21-9-5-17-34(38)44-45(49)42-32(29)18-11-22-39(42)50(44)46-47-36-19-7-3-16-33(36)43(48-46)27-24-25-41-35(26-27)31-15-6-10-23-40(31)51-41/h1-26H. The van der Waals surface area contributed by atoms with E-state index in [4.69, 9.17) is 9.97 Å². The van der Waals surface area contributed by atoms with Gasteiger partial charge in [0.25, 0.3) is 0 Å². The summed E-state index contributed by atoms with van der Waals surface area (Å²) in [7, 11) is 0. The second-order valence-electron chi connectivity index (χ2n) is 13.3. The molecule has 0 unspecified atom stereocenters. The Hall–Kier alpha value is -6.56. The predicted molar refractivity (Wildman–Crippen MR) is 216 cm³/mol. The average Bonchev–Trinajstić information content (AvgIpc) is 3.84. The molecule has 7 aromatic carbocycles. The van der Waals surface area contributed by atoms with Gasteiger partial charge >= 0.3 is 0 Å². The minimum absolute atomic E-state index is 0.667. The summed E-state index contributed by atoms with van der Waals surface area (Å²) in [6, 6.07) is 56.9. The van der Waals surface area contributed by atoms with Gasteiger partial charge in [-0.1, -0.05) is 115 Å². The van der Waals surface area contributed by atoms with Crippen LogP contribution in [-0.2, 0) is 0 Å². The third-order valence-electron chi connectivity index (χ3n) is 10.7. The molecule has 0 N–H and O–H groups in total. The van der Waals surface area contributed by atoms with E-state index in [0.29, 0.717) is 5.95 Å². The van der Waals surface area contributed by atoms with Crippen molar-refractivity contribution in [2.45, 2.75) is 0 Å². The number of hydrogen-bond donors (Lipinski definition) is 0. The lowest BCUT2D eigenvalue weighted by Crippen LogP contribution is -2.03. The smallest absolute Gasteiger partial charge is 0.235 e. The quantitative estimate of drug-likeness (QED) is 0.184. The number of hydrogen-bond acceptors (Lipinski definition) is 3. The Balaban J connectivity index is 1.28. The number of rotatable bonds is 2. The van der Waals surface area contributed by atoms with E-state index >= 15 is 0 Å². The van der Waals surface area contributed by atoms with Gasteiger partial charge in [-0.15, -0.1) is 11.3 Å². The second kappa shape index (κ2) is 10.0. The Morgan fingerprint density at radius 2 is 1.02 bits per heavy atom. The van der Waals surface area contributed by atoms with Crippen molar-refractivity contribution in [1.82, 2.24) is 18.9 Å². The molecule has 0 amide bonds. The van der Waals surface area contributed by atoms with Gasteiger partial charge in [0.05, 0.1) is 38.8 Å². The van der Waals surface area contributed by atoms with Gasteiger partial charge in [-0.3, -0.25) is 4.57 Å². The lowest BCUT2D eigenvalue weighted by Gasteiger charge is -2.12. The van der Waals surface area contributed by atoms with Crippen LogP contribution in [0.3, 0.4) is 0 Å². The fourth-order valence-corrected chi connectivity index (χ4v) is 9.65. The van der Waals surface area contributed by atoms with Crippen molar-refractivity contribution in [3.63, 3.8) is 0 Å². The molecule has 0 fully saturated rings. The Bertz CT molecular complexity index is 3440. The summed E-state index contributed by atoms with van der Waals surface area (Å²) in [6.07, 6.45) is 0. The fraction of sp³-hybridized carbons (Fsp3) is 0. The predicted octanol–water partition coefficient (Wildman–Crippen LogP) is 12.5. The van der Waals surface area contributed by atoms with Crippen LogP contribution < -0.4 is 0 Å². The van der Waals surface area contributed by atoms with E-state index in [2.05, 4.69) is 167 Å². The molecular weight excluding hydrogens is 641 g/mol. The van der Waals surface area contributed by atoms with Gasteiger partial charge in [0, 0.05) is 47.3 Å². The van der Waals surface area contributed by atoms with E-state index in [-0.39, 0.29) is 0 Å². The second-order valence-corrected chi connectivity index (χ2v) is 14.4. The van der Waals surface area contributed by atoms with Crippen molar-refractivity contribution < 1.29 is 0 Å². The van der Waals surface area contributed by atoms with Crippen molar-refractivity contribution in [2.24, 2.45) is 0 Å². The zero-order valence-electron chi connectivity index (χ0n) is 27.2. The Morgan fingerprint density at radius 1 is 0.412 bits per heavy atom. The van der Waals surface area contributed by atoms with Crippen LogP contribution in [0.5, 0.6) is 0 Å². The van der Waals surface area contributed by atoms with Crippen LogP contribution in [0.15, 0.2) is 158 Å². The highest BCUT2D eigenvalue weighted by atomic mass is 32.1. The van der Waals surface area contributed by atoms with Gasteiger partial charge in [0.15, 0.2) is 0 Å². The van der Waals surface area contributed by atoms with Crippen LogP contribution in [0, 0.1) is 0 Å². The first kappa shape index (κ1) is 27.3. The van der Waals surface area contributed by atoms with Gasteiger partial charge in [0.1, 0.15) is 0 Å². The molecular formula is C46H26N4S. The van der Waals surface area contributed by atoms with Gasteiger partial charge in [-0.25, -0.2) is 9.97 Å². The van der Waals surface area contributed by atoms with Crippen LogP contribution >= 0.6 is 11.3 Å². The minimum atomic E-state index is 0.667. The Labute approximate surface area is 295 Å². The van der Waals surface area contributed by atoms with Gasteiger partial charge < -0.3 is 4.40 Å². The van der Waals surface area contributed by atoms with Crippen molar-refractivity contribution in [3.8, 4) is 17.2 Å². The van der Waals surface area contributed by atoms with Gasteiger partial charge in [0.2, 0.25) is 5.95 Å². The third kappa shape index (κ3) is 3.63. The molecule has 4 nitrogen and oxygen atoms in total. The van der Waals surface area contributed by atoms with Crippen LogP contribution in [0.4, 0.5) is 0 Å². The zero-order chi connectivity index (χ0) is 33.2. The highest BCUT2D eigenvalue weighted by Gasteiger charge is 2.25. The number of aromatic nitrogens is 4. The summed E-state index contributed by atoms with van der Waals surface area (Å²) in [5.41, 5.74) is 8.65. The molecule has 0 saturated heterocycles. The normalized spacial score (nSPS) is 12.3. The first-order valence-electron chi connectivity index (χ1n) is 17.3. The number of fused-ring (bicyclic) bond motifs is 12. The zero-order valence-corrected chi connectivity index (χ0v) is 28.0. The Morgan fingerprint density at radius 3 is 1.86 bits per heavy atom. The molecule has 0 bridgehead atoms. The molecule has 12 aromatic rings.